The van der Waals surface area contributed by atoms with Crippen molar-refractivity contribution in [1.82, 2.24) is 19.8 Å². The van der Waals surface area contributed by atoms with Gasteiger partial charge in [0.05, 0.1) is 5.92 Å². The summed E-state index contributed by atoms with van der Waals surface area (Å²) in [6.45, 7) is 6.20. The Kier molecular flexibility index (Phi) is 3.04. The number of hydrogen-bond donors (Lipinski definition) is 1. The molecule has 2 aromatic heterocycles. The van der Waals surface area contributed by atoms with Crippen LogP contribution < -0.4 is 0 Å². The second-order valence-electron chi connectivity index (χ2n) is 6.39. The number of carboxylic acids is 1. The first-order valence-corrected chi connectivity index (χ1v) is 7.65. The molecule has 1 N–H and O–H groups in total. The van der Waals surface area contributed by atoms with E-state index in [1.54, 1.807) is 4.52 Å². The van der Waals surface area contributed by atoms with Gasteiger partial charge in [0.25, 0.3) is 0 Å². The molecule has 2 heterocycles. The predicted octanol–water partition coefficient (Wildman–Crippen LogP) is 2.45. The fraction of sp³-hybridized carbons (Fsp3) is 0.692. The molecule has 3 rings (SSSR count). The third-order valence-electron chi connectivity index (χ3n) is 3.83. The molecule has 2 atom stereocenters. The van der Waals surface area contributed by atoms with Crippen molar-refractivity contribution in [3.63, 3.8) is 0 Å². The number of aromatic nitrogens is 4. The van der Waals surface area contributed by atoms with Crippen LogP contribution in [0.25, 0.3) is 4.96 Å². The number of aliphatic carboxylic acids is 1. The van der Waals surface area contributed by atoms with E-state index in [2.05, 4.69) is 36.1 Å². The Morgan fingerprint density at radius 1 is 1.35 bits per heavy atom. The van der Waals surface area contributed by atoms with E-state index in [1.165, 1.54) is 11.3 Å². The summed E-state index contributed by atoms with van der Waals surface area (Å²) in [4.78, 5) is 12.1. The summed E-state index contributed by atoms with van der Waals surface area (Å²) in [5, 5.41) is 23.1. The molecule has 1 aliphatic rings. The van der Waals surface area contributed by atoms with Gasteiger partial charge in [-0.2, -0.15) is 9.61 Å². The van der Waals surface area contributed by atoms with Crippen molar-refractivity contribution in [2.45, 2.75) is 51.4 Å². The molecule has 0 aromatic carbocycles. The molecule has 0 saturated heterocycles. The fourth-order valence-corrected chi connectivity index (χ4v) is 3.84. The highest BCUT2D eigenvalue weighted by Gasteiger charge is 2.37. The normalized spacial score (nSPS) is 23.6. The van der Waals surface area contributed by atoms with Crippen molar-refractivity contribution in [1.29, 1.82) is 0 Å². The maximum absolute atomic E-state index is 11.3. The number of carbonyl (C=O) groups is 1. The molecule has 108 valence electrons. The van der Waals surface area contributed by atoms with E-state index in [9.17, 15) is 9.90 Å². The lowest BCUT2D eigenvalue weighted by molar-refractivity contribution is -0.142. The SMILES string of the molecule is CC(C)(C)c1nnc2sc(C3CCCC3C(=O)O)nn12. The second-order valence-corrected chi connectivity index (χ2v) is 7.38. The van der Waals surface area contributed by atoms with Crippen LogP contribution >= 0.6 is 11.3 Å². The van der Waals surface area contributed by atoms with Gasteiger partial charge in [0.2, 0.25) is 4.96 Å². The van der Waals surface area contributed by atoms with Crippen molar-refractivity contribution in [3.05, 3.63) is 10.8 Å². The van der Waals surface area contributed by atoms with Gasteiger partial charge in [-0.3, -0.25) is 4.79 Å². The summed E-state index contributed by atoms with van der Waals surface area (Å²) < 4.78 is 1.78. The molecular weight excluding hydrogens is 276 g/mol. The molecule has 0 bridgehead atoms. The molecule has 0 aliphatic heterocycles. The number of carboxylic acid groups (broad SMARTS) is 1. The topological polar surface area (TPSA) is 80.4 Å². The van der Waals surface area contributed by atoms with E-state index >= 15 is 0 Å². The quantitative estimate of drug-likeness (QED) is 0.920. The van der Waals surface area contributed by atoms with Crippen LogP contribution in [0.1, 0.15) is 56.8 Å². The minimum Gasteiger partial charge on any atom is -0.481 e. The molecule has 1 saturated carbocycles. The first-order chi connectivity index (χ1) is 9.38. The zero-order valence-electron chi connectivity index (χ0n) is 11.8. The number of nitrogens with zero attached hydrogens (tertiary/aromatic N) is 4. The number of fused-ring (bicyclic) bond motifs is 1. The Morgan fingerprint density at radius 3 is 2.75 bits per heavy atom. The summed E-state index contributed by atoms with van der Waals surface area (Å²) in [5.41, 5.74) is -0.132. The zero-order valence-corrected chi connectivity index (χ0v) is 12.6. The van der Waals surface area contributed by atoms with Gasteiger partial charge in [-0.25, -0.2) is 0 Å². The van der Waals surface area contributed by atoms with Crippen LogP contribution in [-0.4, -0.2) is 30.9 Å². The lowest BCUT2D eigenvalue weighted by Crippen LogP contribution is -2.18. The first-order valence-electron chi connectivity index (χ1n) is 6.83. The van der Waals surface area contributed by atoms with Gasteiger partial charge < -0.3 is 5.11 Å². The summed E-state index contributed by atoms with van der Waals surface area (Å²) in [6.07, 6.45) is 2.59. The Balaban J connectivity index is 2.01. The van der Waals surface area contributed by atoms with Crippen LogP contribution in [-0.2, 0) is 10.2 Å². The predicted molar refractivity (Wildman–Crippen MR) is 75.1 cm³/mol. The van der Waals surface area contributed by atoms with E-state index in [0.29, 0.717) is 0 Å². The van der Waals surface area contributed by atoms with Crippen LogP contribution in [0.2, 0.25) is 0 Å². The van der Waals surface area contributed by atoms with E-state index in [0.717, 1.165) is 35.1 Å². The highest BCUT2D eigenvalue weighted by atomic mass is 32.1. The van der Waals surface area contributed by atoms with Gasteiger partial charge in [-0.1, -0.05) is 38.5 Å². The molecule has 2 unspecified atom stereocenters. The largest absolute Gasteiger partial charge is 0.481 e. The van der Waals surface area contributed by atoms with Crippen molar-refractivity contribution in [2.75, 3.05) is 0 Å². The van der Waals surface area contributed by atoms with Gasteiger partial charge in [-0.05, 0) is 12.8 Å². The molecule has 1 aliphatic carbocycles. The molecule has 0 radical (unpaired) electrons. The average molecular weight is 294 g/mol. The molecule has 1 fully saturated rings. The van der Waals surface area contributed by atoms with E-state index in [4.69, 9.17) is 0 Å². The zero-order chi connectivity index (χ0) is 14.5. The van der Waals surface area contributed by atoms with Crippen LogP contribution in [0.3, 0.4) is 0 Å². The second kappa shape index (κ2) is 4.51. The summed E-state index contributed by atoms with van der Waals surface area (Å²) >= 11 is 1.47. The van der Waals surface area contributed by atoms with Crippen LogP contribution in [0.15, 0.2) is 0 Å². The Labute approximate surface area is 120 Å². The smallest absolute Gasteiger partial charge is 0.307 e. The lowest BCUT2D eigenvalue weighted by atomic mass is 9.96. The monoisotopic (exact) mass is 294 g/mol. The van der Waals surface area contributed by atoms with Gasteiger partial charge >= 0.3 is 5.97 Å². The van der Waals surface area contributed by atoms with E-state index in [-0.39, 0.29) is 17.3 Å². The maximum Gasteiger partial charge on any atom is 0.307 e. The van der Waals surface area contributed by atoms with Gasteiger partial charge in [-0.15, -0.1) is 10.2 Å². The Hall–Kier alpha value is -1.50. The van der Waals surface area contributed by atoms with Gasteiger partial charge in [0.15, 0.2) is 5.82 Å². The minimum absolute atomic E-state index is 0.0204. The Bertz CT molecular complexity index is 655. The van der Waals surface area contributed by atoms with Crippen LogP contribution in [0, 0.1) is 5.92 Å². The molecular formula is C13H18N4O2S. The van der Waals surface area contributed by atoms with Crippen molar-refractivity contribution >= 4 is 22.3 Å². The highest BCUT2D eigenvalue weighted by Crippen LogP contribution is 2.41. The van der Waals surface area contributed by atoms with E-state index < -0.39 is 5.97 Å². The fourth-order valence-electron chi connectivity index (χ4n) is 2.80. The molecule has 20 heavy (non-hydrogen) atoms. The third kappa shape index (κ3) is 2.09. The van der Waals surface area contributed by atoms with Crippen LogP contribution in [0.4, 0.5) is 0 Å². The minimum atomic E-state index is -0.713. The Morgan fingerprint density at radius 2 is 2.10 bits per heavy atom. The highest BCUT2D eigenvalue weighted by molar-refractivity contribution is 7.16. The molecule has 7 heteroatoms. The molecule has 6 nitrogen and oxygen atoms in total. The van der Waals surface area contributed by atoms with Gasteiger partial charge in [0.1, 0.15) is 5.01 Å². The van der Waals surface area contributed by atoms with Crippen molar-refractivity contribution in [2.24, 2.45) is 5.92 Å². The van der Waals surface area contributed by atoms with Gasteiger partial charge in [0, 0.05) is 11.3 Å². The van der Waals surface area contributed by atoms with Crippen molar-refractivity contribution in [3.8, 4) is 0 Å². The van der Waals surface area contributed by atoms with Crippen LogP contribution in [0.5, 0.6) is 0 Å². The maximum atomic E-state index is 11.3. The molecule has 0 amide bonds. The average Bonchev–Trinajstić information content (AvgIpc) is 3.00. The van der Waals surface area contributed by atoms with E-state index in [1.807, 2.05) is 0 Å². The third-order valence-corrected chi connectivity index (χ3v) is 4.86. The standard InChI is InChI=1S/C13H18N4O2S/c1-13(2,3)11-14-15-12-17(11)16-9(20-12)7-5-4-6-8(7)10(18)19/h7-8H,4-6H2,1-3H3,(H,18,19). The lowest BCUT2D eigenvalue weighted by Gasteiger charge is -2.14. The first kappa shape index (κ1) is 13.5. The van der Waals surface area contributed by atoms with Crippen molar-refractivity contribution < 1.29 is 9.90 Å². The summed E-state index contributed by atoms with van der Waals surface area (Å²) in [5.74, 6) is -0.182. The molecule has 0 spiro atoms. The number of hydrogen-bond acceptors (Lipinski definition) is 5. The molecule has 2 aromatic rings. The summed E-state index contributed by atoms with van der Waals surface area (Å²) in [6, 6.07) is 0. The number of rotatable bonds is 2. The summed E-state index contributed by atoms with van der Waals surface area (Å²) in [7, 11) is 0.